The van der Waals surface area contributed by atoms with Gasteiger partial charge in [0.2, 0.25) is 0 Å². The fraction of sp³-hybridized carbons (Fsp3) is 0.259. The van der Waals surface area contributed by atoms with Crippen molar-refractivity contribution >= 4 is 16.7 Å². The van der Waals surface area contributed by atoms with Crippen LogP contribution < -0.4 is 14.4 Å². The molecule has 182 valence electrons. The highest BCUT2D eigenvalue weighted by Gasteiger charge is 2.31. The van der Waals surface area contributed by atoms with Gasteiger partial charge in [0.05, 0.1) is 7.11 Å². The van der Waals surface area contributed by atoms with Gasteiger partial charge < -0.3 is 18.8 Å². The number of rotatable bonds is 6. The molecule has 1 aliphatic rings. The van der Waals surface area contributed by atoms with Crippen molar-refractivity contribution in [3.63, 3.8) is 0 Å². The van der Waals surface area contributed by atoms with Crippen molar-refractivity contribution in [1.82, 2.24) is 4.90 Å². The zero-order valence-electron chi connectivity index (χ0n) is 19.2. The normalized spacial score (nSPS) is 14.9. The molecule has 2 heterocycles. The molecule has 0 aliphatic carbocycles. The van der Waals surface area contributed by atoms with Crippen molar-refractivity contribution in [3.05, 3.63) is 78.4 Å². The number of benzene rings is 3. The number of hydrogen-bond acceptors (Lipinski definition) is 5. The molecule has 8 heteroatoms. The van der Waals surface area contributed by atoms with Crippen LogP contribution in [-0.2, 0) is 6.54 Å². The molecule has 5 rings (SSSR count). The van der Waals surface area contributed by atoms with Gasteiger partial charge in [-0.3, -0.25) is 4.90 Å². The van der Waals surface area contributed by atoms with E-state index in [1.807, 2.05) is 18.2 Å². The van der Waals surface area contributed by atoms with Crippen LogP contribution in [-0.4, -0.2) is 44.6 Å². The summed E-state index contributed by atoms with van der Waals surface area (Å²) in [5, 5.41) is 0.882. The fourth-order valence-electron chi connectivity index (χ4n) is 4.45. The van der Waals surface area contributed by atoms with E-state index < -0.39 is 6.36 Å². The molecule has 1 fully saturated rings. The molecule has 3 aromatic carbocycles. The standard InChI is InChI=1S/C27H25F3N2O3/c1-33-25-16-19(18-31-11-13-32(14-12-31)22-5-3-2-4-6-22)15-21-17-24(34-26(21)25)20-7-9-23(10-8-20)35-27(28,29)30/h2-10,15-17H,11-14,18H2,1H3. The molecule has 0 bridgehead atoms. The van der Waals surface area contributed by atoms with Crippen LogP contribution in [0.1, 0.15) is 5.56 Å². The first kappa shape index (κ1) is 23.1. The number of piperazine rings is 1. The molecule has 35 heavy (non-hydrogen) atoms. The molecule has 1 aromatic heterocycles. The molecule has 0 N–H and O–H groups in total. The van der Waals surface area contributed by atoms with Crippen LogP contribution in [0.15, 0.2) is 77.2 Å². The van der Waals surface area contributed by atoms with E-state index in [9.17, 15) is 13.2 Å². The number of halogens is 3. The lowest BCUT2D eigenvalue weighted by molar-refractivity contribution is -0.274. The quantitative estimate of drug-likeness (QED) is 0.321. The predicted molar refractivity (Wildman–Crippen MR) is 129 cm³/mol. The fourth-order valence-corrected chi connectivity index (χ4v) is 4.45. The number of furan rings is 1. The number of alkyl halides is 3. The van der Waals surface area contributed by atoms with Crippen LogP contribution >= 0.6 is 0 Å². The number of hydrogen-bond donors (Lipinski definition) is 0. The van der Waals surface area contributed by atoms with Gasteiger partial charge in [-0.2, -0.15) is 0 Å². The van der Waals surface area contributed by atoms with Gasteiger partial charge in [0.25, 0.3) is 0 Å². The lowest BCUT2D eigenvalue weighted by atomic mass is 10.1. The highest BCUT2D eigenvalue weighted by Crippen LogP contribution is 2.36. The topological polar surface area (TPSA) is 38.1 Å². The van der Waals surface area contributed by atoms with E-state index in [-0.39, 0.29) is 5.75 Å². The van der Waals surface area contributed by atoms with Gasteiger partial charge in [0.1, 0.15) is 11.5 Å². The van der Waals surface area contributed by atoms with Gasteiger partial charge in [-0.25, -0.2) is 0 Å². The second-order valence-electron chi connectivity index (χ2n) is 8.50. The third kappa shape index (κ3) is 5.38. The van der Waals surface area contributed by atoms with Crippen LogP contribution in [0.4, 0.5) is 18.9 Å². The number of para-hydroxylation sites is 1. The first-order valence-corrected chi connectivity index (χ1v) is 11.4. The van der Waals surface area contributed by atoms with Crippen molar-refractivity contribution < 1.29 is 27.1 Å². The summed E-state index contributed by atoms with van der Waals surface area (Å²) in [4.78, 5) is 4.81. The van der Waals surface area contributed by atoms with E-state index in [4.69, 9.17) is 9.15 Å². The summed E-state index contributed by atoms with van der Waals surface area (Å²) in [5.74, 6) is 0.902. The van der Waals surface area contributed by atoms with Crippen LogP contribution in [0.3, 0.4) is 0 Å². The maximum absolute atomic E-state index is 12.4. The van der Waals surface area contributed by atoms with Gasteiger partial charge in [0, 0.05) is 49.4 Å². The van der Waals surface area contributed by atoms with Gasteiger partial charge in [-0.15, -0.1) is 13.2 Å². The largest absolute Gasteiger partial charge is 0.573 e. The minimum atomic E-state index is -4.72. The first-order valence-electron chi connectivity index (χ1n) is 11.4. The van der Waals surface area contributed by atoms with Crippen molar-refractivity contribution in [2.24, 2.45) is 0 Å². The van der Waals surface area contributed by atoms with Gasteiger partial charge in [-0.1, -0.05) is 18.2 Å². The number of methoxy groups -OCH3 is 1. The minimum absolute atomic E-state index is 0.274. The maximum atomic E-state index is 12.4. The van der Waals surface area contributed by atoms with Gasteiger partial charge in [-0.05, 0) is 60.2 Å². The third-order valence-electron chi connectivity index (χ3n) is 6.13. The zero-order valence-corrected chi connectivity index (χ0v) is 19.2. The van der Waals surface area contributed by atoms with E-state index in [0.717, 1.165) is 43.7 Å². The SMILES string of the molecule is COc1cc(CN2CCN(c3ccccc3)CC2)cc2cc(-c3ccc(OC(F)(F)F)cc3)oc12. The Morgan fingerprint density at radius 1 is 0.886 bits per heavy atom. The van der Waals surface area contributed by atoms with E-state index in [1.54, 1.807) is 19.2 Å². The molecular formula is C27H25F3N2O3. The average Bonchev–Trinajstić information content (AvgIpc) is 3.28. The molecule has 1 aliphatic heterocycles. The molecule has 0 radical (unpaired) electrons. The average molecular weight is 483 g/mol. The highest BCUT2D eigenvalue weighted by molar-refractivity contribution is 5.88. The van der Waals surface area contributed by atoms with Crippen LogP contribution in [0.5, 0.6) is 11.5 Å². The predicted octanol–water partition coefficient (Wildman–Crippen LogP) is 6.33. The van der Waals surface area contributed by atoms with E-state index in [0.29, 0.717) is 22.7 Å². The molecule has 5 nitrogen and oxygen atoms in total. The molecule has 0 spiro atoms. The van der Waals surface area contributed by atoms with Gasteiger partial charge in [0.15, 0.2) is 11.3 Å². The monoisotopic (exact) mass is 482 g/mol. The lowest BCUT2D eigenvalue weighted by Gasteiger charge is -2.36. The van der Waals surface area contributed by atoms with E-state index >= 15 is 0 Å². The molecule has 1 saturated heterocycles. The number of fused-ring (bicyclic) bond motifs is 1. The Labute approximate surface area is 201 Å². The summed E-state index contributed by atoms with van der Waals surface area (Å²) in [6.07, 6.45) is -4.72. The van der Waals surface area contributed by atoms with Crippen molar-refractivity contribution in [3.8, 4) is 22.8 Å². The Balaban J connectivity index is 1.31. The molecule has 0 unspecified atom stereocenters. The number of anilines is 1. The minimum Gasteiger partial charge on any atom is -0.493 e. The van der Waals surface area contributed by atoms with Crippen molar-refractivity contribution in [2.75, 3.05) is 38.2 Å². The Bertz CT molecular complexity index is 1280. The summed E-state index contributed by atoms with van der Waals surface area (Å²) in [7, 11) is 1.60. The molecule has 0 saturated carbocycles. The van der Waals surface area contributed by atoms with E-state index in [2.05, 4.69) is 44.9 Å². The molecule has 4 aromatic rings. The molecular weight excluding hydrogens is 457 g/mol. The summed E-state index contributed by atoms with van der Waals surface area (Å²) < 4.78 is 52.8. The number of ether oxygens (including phenoxy) is 2. The molecule has 0 amide bonds. The Morgan fingerprint density at radius 3 is 2.26 bits per heavy atom. The summed E-state index contributed by atoms with van der Waals surface area (Å²) in [6, 6.07) is 22.0. The Morgan fingerprint density at radius 2 is 1.60 bits per heavy atom. The smallest absolute Gasteiger partial charge is 0.493 e. The zero-order chi connectivity index (χ0) is 24.4. The second-order valence-corrected chi connectivity index (χ2v) is 8.50. The lowest BCUT2D eigenvalue weighted by Crippen LogP contribution is -2.45. The van der Waals surface area contributed by atoms with Crippen molar-refractivity contribution in [2.45, 2.75) is 12.9 Å². The second kappa shape index (κ2) is 9.54. The first-order chi connectivity index (χ1) is 16.9. The molecule has 0 atom stereocenters. The summed E-state index contributed by atoms with van der Waals surface area (Å²) in [6.45, 7) is 4.63. The third-order valence-corrected chi connectivity index (χ3v) is 6.13. The van der Waals surface area contributed by atoms with Crippen LogP contribution in [0.25, 0.3) is 22.3 Å². The highest BCUT2D eigenvalue weighted by atomic mass is 19.4. The Hall–Kier alpha value is -3.65. The van der Waals surface area contributed by atoms with Gasteiger partial charge >= 0.3 is 6.36 Å². The van der Waals surface area contributed by atoms with E-state index in [1.165, 1.54) is 17.8 Å². The van der Waals surface area contributed by atoms with Crippen LogP contribution in [0, 0.1) is 0 Å². The maximum Gasteiger partial charge on any atom is 0.573 e. The van der Waals surface area contributed by atoms with Crippen LogP contribution in [0.2, 0.25) is 0 Å². The summed E-state index contributed by atoms with van der Waals surface area (Å²) in [5.41, 5.74) is 3.62. The Kier molecular flexibility index (Phi) is 6.30. The van der Waals surface area contributed by atoms with Crippen molar-refractivity contribution in [1.29, 1.82) is 0 Å². The summed E-state index contributed by atoms with van der Waals surface area (Å²) >= 11 is 0. The number of nitrogens with zero attached hydrogens (tertiary/aromatic N) is 2.